The van der Waals surface area contributed by atoms with Gasteiger partial charge in [0.15, 0.2) is 0 Å². The molecule has 14 aromatic rings. The normalized spacial score (nSPS) is 12.3. The van der Waals surface area contributed by atoms with Crippen LogP contribution in [0.4, 0.5) is 0 Å². The largest absolute Gasteiger partial charge is 0.0610 e. The lowest BCUT2D eigenvalue weighted by Crippen LogP contribution is -1.91. The van der Waals surface area contributed by atoms with Crippen molar-refractivity contribution in [1.29, 1.82) is 0 Å². The van der Waals surface area contributed by atoms with E-state index in [-0.39, 0.29) is 0 Å². The highest BCUT2D eigenvalue weighted by molar-refractivity contribution is 6.28. The second-order valence-electron chi connectivity index (χ2n) is 16.8. The number of benzene rings is 14. The molecule has 0 aromatic heterocycles. The van der Waals surface area contributed by atoms with Gasteiger partial charge in [0.25, 0.3) is 0 Å². The first kappa shape index (κ1) is 32.2. The van der Waals surface area contributed by atoms with Crippen LogP contribution in [0.25, 0.3) is 141 Å². The maximum Gasteiger partial charge on any atom is -0.00206 e. The average Bonchev–Trinajstić information content (AvgIpc) is 3.31. The summed E-state index contributed by atoms with van der Waals surface area (Å²) < 4.78 is 0. The van der Waals surface area contributed by atoms with E-state index in [4.69, 9.17) is 0 Å². The third-order valence-corrected chi connectivity index (χ3v) is 13.7. The SMILES string of the molecule is c1cc2ccc3ccc(-c4ccc(-c5cc(-c6ccc7ccc8cccc9ccc6c7c89)cc(-c6ccc7ccc8cccc9ccc6c7c89)c5)cc4)c4ccc(c1)c2c34. The van der Waals surface area contributed by atoms with Crippen LogP contribution in [0.5, 0.6) is 0 Å². The van der Waals surface area contributed by atoms with E-state index in [2.05, 4.69) is 206 Å². The van der Waals surface area contributed by atoms with Crippen LogP contribution in [-0.4, -0.2) is 0 Å². The topological polar surface area (TPSA) is 0 Å². The van der Waals surface area contributed by atoms with Gasteiger partial charge in [0.1, 0.15) is 0 Å². The second-order valence-corrected chi connectivity index (χ2v) is 16.8. The van der Waals surface area contributed by atoms with Gasteiger partial charge in [0.2, 0.25) is 0 Å². The molecule has 0 nitrogen and oxygen atoms in total. The van der Waals surface area contributed by atoms with E-state index in [0.29, 0.717) is 0 Å². The van der Waals surface area contributed by atoms with Gasteiger partial charge in [0.05, 0.1) is 0 Å². The van der Waals surface area contributed by atoms with Gasteiger partial charge in [0, 0.05) is 0 Å². The molecule has 0 fully saturated rings. The molecule has 0 bridgehead atoms. The van der Waals surface area contributed by atoms with Gasteiger partial charge in [-0.25, -0.2) is 0 Å². The van der Waals surface area contributed by atoms with E-state index < -0.39 is 0 Å². The summed E-state index contributed by atoms with van der Waals surface area (Å²) in [5.41, 5.74) is 9.87. The number of rotatable bonds is 4. The highest BCUT2D eigenvalue weighted by Crippen LogP contribution is 2.45. The molecular weight excluding hydrogens is 721 g/mol. The van der Waals surface area contributed by atoms with Crippen molar-refractivity contribution in [3.63, 3.8) is 0 Å². The number of hydrogen-bond donors (Lipinski definition) is 0. The molecule has 0 saturated carbocycles. The molecule has 0 amide bonds. The Bertz CT molecular complexity index is 3820. The van der Waals surface area contributed by atoms with Gasteiger partial charge >= 0.3 is 0 Å². The third-order valence-electron chi connectivity index (χ3n) is 13.7. The summed E-state index contributed by atoms with van der Waals surface area (Å²) in [5.74, 6) is 0. The summed E-state index contributed by atoms with van der Waals surface area (Å²) in [6.45, 7) is 0. The molecule has 0 spiro atoms. The Balaban J connectivity index is 0.989. The van der Waals surface area contributed by atoms with Gasteiger partial charge in [-0.05, 0) is 160 Å². The first-order chi connectivity index (χ1) is 29.7. The molecule has 14 aromatic carbocycles. The van der Waals surface area contributed by atoms with Crippen molar-refractivity contribution in [2.45, 2.75) is 0 Å². The minimum Gasteiger partial charge on any atom is -0.0610 e. The Hall–Kier alpha value is -7.80. The average molecular weight is 755 g/mol. The monoisotopic (exact) mass is 754 g/mol. The van der Waals surface area contributed by atoms with E-state index >= 15 is 0 Å². The van der Waals surface area contributed by atoms with Crippen LogP contribution in [0.15, 0.2) is 206 Å². The standard InChI is InChI=1S/C60H34/c1-4-37-14-17-43-20-26-49(52-29-23-40(7-1)55(37)58(43)52)36-12-10-35(11-13-36)46-32-47(50-27-21-44-18-15-38-5-2-8-41-24-30-53(50)59(44)56(38)41)34-48(33-46)51-28-22-45-19-16-39-6-3-9-42-25-31-54(51)60(45)57(39)42/h1-34H. The van der Waals surface area contributed by atoms with E-state index in [1.807, 2.05) is 0 Å². The van der Waals surface area contributed by atoms with E-state index in [0.717, 1.165) is 0 Å². The molecule has 0 aliphatic rings. The maximum atomic E-state index is 2.43. The van der Waals surface area contributed by atoms with E-state index in [9.17, 15) is 0 Å². The lowest BCUT2D eigenvalue weighted by molar-refractivity contribution is 1.59. The van der Waals surface area contributed by atoms with Crippen molar-refractivity contribution in [2.24, 2.45) is 0 Å². The summed E-state index contributed by atoms with van der Waals surface area (Å²) in [6.07, 6.45) is 0. The minimum absolute atomic E-state index is 1.20. The first-order valence-corrected chi connectivity index (χ1v) is 21.0. The van der Waals surface area contributed by atoms with Crippen LogP contribution >= 0.6 is 0 Å². The fourth-order valence-corrected chi connectivity index (χ4v) is 10.9. The van der Waals surface area contributed by atoms with Crippen molar-refractivity contribution in [3.8, 4) is 44.5 Å². The Morgan fingerprint density at radius 3 is 0.800 bits per heavy atom. The second kappa shape index (κ2) is 11.9. The summed E-state index contributed by atoms with van der Waals surface area (Å²) in [7, 11) is 0. The predicted octanol–water partition coefficient (Wildman–Crippen LogP) is 17.0. The van der Waals surface area contributed by atoms with Crippen molar-refractivity contribution in [2.75, 3.05) is 0 Å². The number of hydrogen-bond acceptors (Lipinski definition) is 0. The Labute approximate surface area is 346 Å². The molecule has 0 N–H and O–H groups in total. The van der Waals surface area contributed by atoms with Crippen molar-refractivity contribution >= 4 is 97.0 Å². The fourth-order valence-electron chi connectivity index (χ4n) is 10.9. The van der Waals surface area contributed by atoms with Gasteiger partial charge in [-0.3, -0.25) is 0 Å². The maximum absolute atomic E-state index is 2.43. The van der Waals surface area contributed by atoms with E-state index in [1.54, 1.807) is 0 Å². The molecule has 274 valence electrons. The molecule has 0 atom stereocenters. The summed E-state index contributed by atoms with van der Waals surface area (Å²) in [5, 5.41) is 23.6. The molecule has 0 aliphatic carbocycles. The molecule has 0 radical (unpaired) electrons. The lowest BCUT2D eigenvalue weighted by Gasteiger charge is -2.18. The first-order valence-electron chi connectivity index (χ1n) is 21.0. The molecule has 0 heterocycles. The molecule has 60 heavy (non-hydrogen) atoms. The molecule has 0 aliphatic heterocycles. The fraction of sp³-hybridized carbons (Fsp3) is 0. The van der Waals surface area contributed by atoms with Crippen LogP contribution in [0.1, 0.15) is 0 Å². The van der Waals surface area contributed by atoms with Gasteiger partial charge in [-0.1, -0.05) is 188 Å². The quantitative estimate of drug-likeness (QED) is 0.157. The Morgan fingerprint density at radius 2 is 0.433 bits per heavy atom. The molecule has 0 heteroatoms. The Kier molecular flexibility index (Phi) is 6.38. The highest BCUT2D eigenvalue weighted by atomic mass is 14.2. The molecule has 0 unspecified atom stereocenters. The molecular formula is C60H34. The molecule has 0 saturated heterocycles. The van der Waals surface area contributed by atoms with Crippen molar-refractivity contribution in [3.05, 3.63) is 206 Å². The smallest absolute Gasteiger partial charge is 0.00206 e. The zero-order valence-electron chi connectivity index (χ0n) is 32.6. The van der Waals surface area contributed by atoms with Gasteiger partial charge < -0.3 is 0 Å². The van der Waals surface area contributed by atoms with Crippen LogP contribution in [0.3, 0.4) is 0 Å². The van der Waals surface area contributed by atoms with Gasteiger partial charge in [-0.2, -0.15) is 0 Å². The van der Waals surface area contributed by atoms with Crippen molar-refractivity contribution in [1.82, 2.24) is 0 Å². The summed E-state index contributed by atoms with van der Waals surface area (Å²) >= 11 is 0. The van der Waals surface area contributed by atoms with Crippen molar-refractivity contribution < 1.29 is 0 Å². The zero-order chi connectivity index (χ0) is 39.1. The van der Waals surface area contributed by atoms with Crippen LogP contribution < -0.4 is 0 Å². The van der Waals surface area contributed by atoms with Crippen LogP contribution in [-0.2, 0) is 0 Å². The summed E-state index contributed by atoms with van der Waals surface area (Å²) in [4.78, 5) is 0. The summed E-state index contributed by atoms with van der Waals surface area (Å²) in [6, 6.07) is 77.9. The van der Waals surface area contributed by atoms with E-state index in [1.165, 1.54) is 141 Å². The zero-order valence-corrected chi connectivity index (χ0v) is 32.6. The van der Waals surface area contributed by atoms with Gasteiger partial charge in [-0.15, -0.1) is 0 Å². The molecule has 14 rings (SSSR count). The predicted molar refractivity (Wildman–Crippen MR) is 259 cm³/mol. The lowest BCUT2D eigenvalue weighted by atomic mass is 9.86. The minimum atomic E-state index is 1.20. The van der Waals surface area contributed by atoms with Crippen LogP contribution in [0, 0.1) is 0 Å². The highest BCUT2D eigenvalue weighted by Gasteiger charge is 2.18. The Morgan fingerprint density at radius 1 is 0.167 bits per heavy atom. The third kappa shape index (κ3) is 4.45. The van der Waals surface area contributed by atoms with Crippen LogP contribution in [0.2, 0.25) is 0 Å².